The normalized spacial score (nSPS) is 11.2. The van der Waals surface area contributed by atoms with Crippen molar-refractivity contribution in [3.63, 3.8) is 0 Å². The van der Waals surface area contributed by atoms with Crippen LogP contribution in [0.4, 0.5) is 13.2 Å². The van der Waals surface area contributed by atoms with Crippen molar-refractivity contribution in [1.29, 1.82) is 0 Å². The molecule has 0 atom stereocenters. The van der Waals surface area contributed by atoms with Crippen molar-refractivity contribution in [1.82, 2.24) is 0 Å². The minimum Gasteiger partial charge on any atom is -0.406 e. The summed E-state index contributed by atoms with van der Waals surface area (Å²) in [7, 11) is 0. The van der Waals surface area contributed by atoms with Crippen molar-refractivity contribution in [3.8, 4) is 5.75 Å². The van der Waals surface area contributed by atoms with Crippen LogP contribution < -0.4 is 4.74 Å². The van der Waals surface area contributed by atoms with Gasteiger partial charge in [-0.2, -0.15) is 0 Å². The highest BCUT2D eigenvalue weighted by Gasteiger charge is 2.31. The summed E-state index contributed by atoms with van der Waals surface area (Å²) in [4.78, 5) is 10.7. The van der Waals surface area contributed by atoms with Crippen molar-refractivity contribution in [2.45, 2.75) is 19.7 Å². The Morgan fingerprint density at radius 1 is 1.40 bits per heavy atom. The quantitative estimate of drug-likeness (QED) is 0.779. The van der Waals surface area contributed by atoms with Crippen LogP contribution >= 0.6 is 0 Å². The molecule has 0 aliphatic rings. The van der Waals surface area contributed by atoms with E-state index < -0.39 is 6.36 Å². The molecule has 15 heavy (non-hydrogen) atoms. The van der Waals surface area contributed by atoms with Crippen molar-refractivity contribution in [3.05, 3.63) is 29.8 Å². The van der Waals surface area contributed by atoms with Crippen LogP contribution in [0, 0.1) is 0 Å². The molecule has 0 saturated carbocycles. The SMILES string of the molecule is CC(=O)Cc1cccc(OC(F)(F)F)c1. The third-order valence-electron chi connectivity index (χ3n) is 1.59. The lowest BCUT2D eigenvalue weighted by atomic mass is 10.1. The van der Waals surface area contributed by atoms with Gasteiger partial charge in [-0.15, -0.1) is 13.2 Å². The molecule has 0 fully saturated rings. The second-order valence-corrected chi connectivity index (χ2v) is 3.07. The molecule has 1 aromatic carbocycles. The van der Waals surface area contributed by atoms with E-state index in [1.165, 1.54) is 25.1 Å². The maximum Gasteiger partial charge on any atom is 0.573 e. The maximum absolute atomic E-state index is 11.8. The maximum atomic E-state index is 11.8. The topological polar surface area (TPSA) is 26.3 Å². The molecule has 5 heteroatoms. The number of carbonyl (C=O) groups is 1. The number of ketones is 1. The Hall–Kier alpha value is -1.52. The van der Waals surface area contributed by atoms with Gasteiger partial charge >= 0.3 is 6.36 Å². The third-order valence-corrected chi connectivity index (χ3v) is 1.59. The number of rotatable bonds is 3. The number of carbonyl (C=O) groups excluding carboxylic acids is 1. The highest BCUT2D eigenvalue weighted by atomic mass is 19.4. The van der Waals surface area contributed by atoms with E-state index in [1.807, 2.05) is 0 Å². The smallest absolute Gasteiger partial charge is 0.406 e. The molecule has 0 saturated heterocycles. The number of Topliss-reactive ketones (excluding diaryl/α,β-unsaturated/α-hetero) is 1. The number of ether oxygens (including phenoxy) is 1. The minimum atomic E-state index is -4.70. The monoisotopic (exact) mass is 218 g/mol. The average Bonchev–Trinajstić information content (AvgIpc) is 1.99. The standard InChI is InChI=1S/C10H9F3O2/c1-7(14)5-8-3-2-4-9(6-8)15-10(11,12)13/h2-4,6H,5H2,1H3. The first-order valence-electron chi connectivity index (χ1n) is 4.21. The summed E-state index contributed by atoms with van der Waals surface area (Å²) >= 11 is 0. The van der Waals surface area contributed by atoms with Crippen LogP contribution in [-0.4, -0.2) is 12.1 Å². The van der Waals surface area contributed by atoms with Gasteiger partial charge in [-0.05, 0) is 24.6 Å². The van der Waals surface area contributed by atoms with Crippen LogP contribution in [0.5, 0.6) is 5.75 Å². The molecule has 0 aliphatic heterocycles. The Bertz CT molecular complexity index is 358. The molecule has 1 rings (SSSR count). The molecule has 0 aliphatic carbocycles. The second-order valence-electron chi connectivity index (χ2n) is 3.07. The van der Waals surface area contributed by atoms with Crippen LogP contribution in [0.15, 0.2) is 24.3 Å². The first-order chi connectivity index (χ1) is 6.87. The van der Waals surface area contributed by atoms with E-state index >= 15 is 0 Å². The first kappa shape index (κ1) is 11.6. The molecule has 0 amide bonds. The minimum absolute atomic E-state index is 0.106. The molecular formula is C10H9F3O2. The van der Waals surface area contributed by atoms with Crippen LogP contribution in [0.2, 0.25) is 0 Å². The molecule has 82 valence electrons. The van der Waals surface area contributed by atoms with Crippen molar-refractivity contribution in [2.24, 2.45) is 0 Å². The van der Waals surface area contributed by atoms with Gasteiger partial charge in [-0.1, -0.05) is 12.1 Å². The highest BCUT2D eigenvalue weighted by molar-refractivity contribution is 5.78. The molecule has 0 spiro atoms. The Morgan fingerprint density at radius 3 is 2.60 bits per heavy atom. The number of hydrogen-bond donors (Lipinski definition) is 0. The Kier molecular flexibility index (Phi) is 3.34. The Balaban J connectivity index is 2.79. The van der Waals surface area contributed by atoms with Crippen molar-refractivity contribution < 1.29 is 22.7 Å². The lowest BCUT2D eigenvalue weighted by Gasteiger charge is -2.09. The van der Waals surface area contributed by atoms with E-state index in [0.717, 1.165) is 0 Å². The molecular weight excluding hydrogens is 209 g/mol. The molecule has 0 aromatic heterocycles. The fourth-order valence-electron chi connectivity index (χ4n) is 1.14. The van der Waals surface area contributed by atoms with Gasteiger partial charge in [0.2, 0.25) is 0 Å². The molecule has 0 unspecified atom stereocenters. The van der Waals surface area contributed by atoms with Gasteiger partial charge in [0.25, 0.3) is 0 Å². The van der Waals surface area contributed by atoms with Gasteiger partial charge in [0.15, 0.2) is 0 Å². The summed E-state index contributed by atoms with van der Waals surface area (Å²) in [6, 6.07) is 5.38. The van der Waals surface area contributed by atoms with Crippen LogP contribution in [0.3, 0.4) is 0 Å². The van der Waals surface area contributed by atoms with Gasteiger partial charge in [-0.3, -0.25) is 4.79 Å². The molecule has 2 nitrogen and oxygen atoms in total. The van der Waals surface area contributed by atoms with E-state index in [9.17, 15) is 18.0 Å². The Morgan fingerprint density at radius 2 is 2.07 bits per heavy atom. The van der Waals surface area contributed by atoms with E-state index in [0.29, 0.717) is 5.56 Å². The van der Waals surface area contributed by atoms with E-state index in [1.54, 1.807) is 6.07 Å². The van der Waals surface area contributed by atoms with Gasteiger partial charge in [0, 0.05) is 6.42 Å². The fourth-order valence-corrected chi connectivity index (χ4v) is 1.14. The Labute approximate surface area is 84.7 Å². The summed E-state index contributed by atoms with van der Waals surface area (Å²) in [5, 5.41) is 0. The number of hydrogen-bond acceptors (Lipinski definition) is 2. The second kappa shape index (κ2) is 4.33. The summed E-state index contributed by atoms with van der Waals surface area (Å²) in [5.41, 5.74) is 0.504. The lowest BCUT2D eigenvalue weighted by Crippen LogP contribution is -2.17. The zero-order valence-corrected chi connectivity index (χ0v) is 7.97. The molecule has 0 radical (unpaired) electrons. The summed E-state index contributed by atoms with van der Waals surface area (Å²) in [5.74, 6) is -0.416. The van der Waals surface area contributed by atoms with E-state index in [4.69, 9.17) is 0 Å². The molecule has 0 N–H and O–H groups in total. The summed E-state index contributed by atoms with van der Waals surface area (Å²) in [6.45, 7) is 1.37. The van der Waals surface area contributed by atoms with Crippen molar-refractivity contribution in [2.75, 3.05) is 0 Å². The zero-order valence-electron chi connectivity index (χ0n) is 7.97. The molecule has 1 aromatic rings. The van der Waals surface area contributed by atoms with E-state index in [-0.39, 0.29) is 18.0 Å². The van der Waals surface area contributed by atoms with Crippen LogP contribution in [-0.2, 0) is 11.2 Å². The van der Waals surface area contributed by atoms with Crippen LogP contribution in [0.1, 0.15) is 12.5 Å². The predicted molar refractivity (Wildman–Crippen MR) is 47.5 cm³/mol. The van der Waals surface area contributed by atoms with Gasteiger partial charge in [0.1, 0.15) is 11.5 Å². The van der Waals surface area contributed by atoms with E-state index in [2.05, 4.69) is 4.74 Å². The molecule has 0 bridgehead atoms. The third kappa shape index (κ3) is 4.49. The lowest BCUT2D eigenvalue weighted by molar-refractivity contribution is -0.274. The number of alkyl halides is 3. The average molecular weight is 218 g/mol. The summed E-state index contributed by atoms with van der Waals surface area (Å²) in [6.07, 6.45) is -4.59. The number of benzene rings is 1. The molecule has 0 heterocycles. The fraction of sp³-hybridized carbons (Fsp3) is 0.300. The van der Waals surface area contributed by atoms with Gasteiger partial charge < -0.3 is 4.74 Å². The highest BCUT2D eigenvalue weighted by Crippen LogP contribution is 2.23. The van der Waals surface area contributed by atoms with Gasteiger partial charge in [0.05, 0.1) is 0 Å². The van der Waals surface area contributed by atoms with Gasteiger partial charge in [-0.25, -0.2) is 0 Å². The first-order valence-corrected chi connectivity index (χ1v) is 4.21. The van der Waals surface area contributed by atoms with Crippen LogP contribution in [0.25, 0.3) is 0 Å². The van der Waals surface area contributed by atoms with Crippen molar-refractivity contribution >= 4 is 5.78 Å². The zero-order chi connectivity index (χ0) is 11.5. The largest absolute Gasteiger partial charge is 0.573 e. The number of halogens is 3. The predicted octanol–water partition coefficient (Wildman–Crippen LogP) is 2.72. The summed E-state index contributed by atoms with van der Waals surface area (Å²) < 4.78 is 39.3.